The molecule has 0 radical (unpaired) electrons. The zero-order valence-electron chi connectivity index (χ0n) is 17.3. The van der Waals surface area contributed by atoms with E-state index in [1.165, 1.54) is 19.2 Å². The van der Waals surface area contributed by atoms with Crippen molar-refractivity contribution in [1.29, 1.82) is 0 Å². The largest absolute Gasteiger partial charge is 0.469 e. The van der Waals surface area contributed by atoms with E-state index in [0.29, 0.717) is 37.4 Å². The lowest BCUT2D eigenvalue weighted by Crippen LogP contribution is -2.37. The maximum absolute atomic E-state index is 12.8. The van der Waals surface area contributed by atoms with E-state index in [1.54, 1.807) is 18.3 Å². The number of rotatable bonds is 9. The molecule has 166 valence electrons. The first kappa shape index (κ1) is 23.4. The fraction of sp³-hybridized carbons (Fsp3) is 0.364. The van der Waals surface area contributed by atoms with Gasteiger partial charge in [-0.1, -0.05) is 29.8 Å². The molecule has 2 heterocycles. The molecule has 1 saturated heterocycles. The molecule has 0 amide bonds. The second kappa shape index (κ2) is 10.9. The van der Waals surface area contributed by atoms with Gasteiger partial charge in [0.25, 0.3) is 0 Å². The van der Waals surface area contributed by atoms with Gasteiger partial charge in [0, 0.05) is 49.0 Å². The van der Waals surface area contributed by atoms with Gasteiger partial charge in [-0.2, -0.15) is 0 Å². The SMILES string of the molecule is COC(=O)CC/C=C\[C@@H]1C[C@@H](NS(=O)(=O)c2ccc(Cl)cc2)CN1Cc1cccnc1. The van der Waals surface area contributed by atoms with Gasteiger partial charge in [-0.3, -0.25) is 14.7 Å². The first-order chi connectivity index (χ1) is 14.9. The predicted octanol–water partition coefficient (Wildman–Crippen LogP) is 3.17. The number of nitrogens with one attached hydrogen (secondary N) is 1. The average molecular weight is 464 g/mol. The number of benzene rings is 1. The molecular weight excluding hydrogens is 438 g/mol. The summed E-state index contributed by atoms with van der Waals surface area (Å²) in [5.74, 6) is -0.253. The Hall–Kier alpha value is -2.26. The van der Waals surface area contributed by atoms with Crippen molar-refractivity contribution in [2.45, 2.75) is 42.8 Å². The molecule has 1 aromatic heterocycles. The minimum atomic E-state index is -3.65. The van der Waals surface area contributed by atoms with Crippen LogP contribution in [-0.2, 0) is 26.1 Å². The first-order valence-corrected chi connectivity index (χ1v) is 11.9. The Labute approximate surface area is 188 Å². The number of carbonyl (C=O) groups is 1. The molecule has 1 aliphatic rings. The fourth-order valence-corrected chi connectivity index (χ4v) is 4.95. The van der Waals surface area contributed by atoms with E-state index in [2.05, 4.69) is 19.3 Å². The number of halogens is 1. The molecule has 1 aromatic carbocycles. The van der Waals surface area contributed by atoms with Gasteiger partial charge in [-0.15, -0.1) is 0 Å². The van der Waals surface area contributed by atoms with Crippen molar-refractivity contribution in [1.82, 2.24) is 14.6 Å². The maximum Gasteiger partial charge on any atom is 0.305 e. The zero-order valence-corrected chi connectivity index (χ0v) is 18.8. The Morgan fingerprint density at radius 1 is 1.32 bits per heavy atom. The number of methoxy groups -OCH3 is 1. The van der Waals surface area contributed by atoms with Crippen LogP contribution in [0.1, 0.15) is 24.8 Å². The van der Waals surface area contributed by atoms with Gasteiger partial charge in [0.15, 0.2) is 0 Å². The number of sulfonamides is 1. The van der Waals surface area contributed by atoms with Gasteiger partial charge < -0.3 is 4.74 Å². The van der Waals surface area contributed by atoms with Crippen LogP contribution in [0.15, 0.2) is 65.8 Å². The van der Waals surface area contributed by atoms with E-state index in [0.717, 1.165) is 5.56 Å². The quantitative estimate of drug-likeness (QED) is 0.454. The number of hydrogen-bond acceptors (Lipinski definition) is 6. The smallest absolute Gasteiger partial charge is 0.305 e. The molecule has 0 unspecified atom stereocenters. The van der Waals surface area contributed by atoms with Crippen molar-refractivity contribution < 1.29 is 17.9 Å². The number of allylic oxidation sites excluding steroid dienone is 1. The molecule has 9 heteroatoms. The summed E-state index contributed by atoms with van der Waals surface area (Å²) in [6.07, 6.45) is 9.04. The number of pyridine rings is 1. The Morgan fingerprint density at radius 2 is 2.10 bits per heavy atom. The zero-order chi connectivity index (χ0) is 22.3. The highest BCUT2D eigenvalue weighted by Gasteiger charge is 2.33. The number of esters is 1. The van der Waals surface area contributed by atoms with Crippen LogP contribution in [0.2, 0.25) is 5.02 Å². The van der Waals surface area contributed by atoms with Crippen molar-refractivity contribution in [3.63, 3.8) is 0 Å². The van der Waals surface area contributed by atoms with Gasteiger partial charge in [-0.25, -0.2) is 13.1 Å². The molecule has 0 bridgehead atoms. The topological polar surface area (TPSA) is 88.6 Å². The van der Waals surface area contributed by atoms with Crippen LogP contribution in [0.5, 0.6) is 0 Å². The van der Waals surface area contributed by atoms with Gasteiger partial charge in [-0.05, 0) is 48.7 Å². The van der Waals surface area contributed by atoms with Crippen LogP contribution >= 0.6 is 11.6 Å². The maximum atomic E-state index is 12.8. The summed E-state index contributed by atoms with van der Waals surface area (Å²) in [5.41, 5.74) is 1.05. The molecular formula is C22H26ClN3O4S. The molecule has 2 atom stereocenters. The van der Waals surface area contributed by atoms with Gasteiger partial charge in [0.1, 0.15) is 0 Å². The Balaban J connectivity index is 1.69. The monoisotopic (exact) mass is 463 g/mol. The molecule has 7 nitrogen and oxygen atoms in total. The minimum Gasteiger partial charge on any atom is -0.469 e. The lowest BCUT2D eigenvalue weighted by molar-refractivity contribution is -0.140. The van der Waals surface area contributed by atoms with Crippen molar-refractivity contribution in [2.24, 2.45) is 0 Å². The Kier molecular flexibility index (Phi) is 8.20. The minimum absolute atomic E-state index is 0.0378. The van der Waals surface area contributed by atoms with E-state index >= 15 is 0 Å². The number of hydrogen-bond donors (Lipinski definition) is 1. The highest BCUT2D eigenvalue weighted by molar-refractivity contribution is 7.89. The van der Waals surface area contributed by atoms with Crippen LogP contribution < -0.4 is 4.72 Å². The van der Waals surface area contributed by atoms with Crippen LogP contribution in [0, 0.1) is 0 Å². The van der Waals surface area contributed by atoms with Crippen molar-refractivity contribution >= 4 is 27.6 Å². The highest BCUT2D eigenvalue weighted by atomic mass is 35.5. The number of likely N-dealkylation sites (tertiary alicyclic amines) is 1. The predicted molar refractivity (Wildman–Crippen MR) is 119 cm³/mol. The van der Waals surface area contributed by atoms with E-state index in [9.17, 15) is 13.2 Å². The normalized spacial score (nSPS) is 19.7. The third-order valence-corrected chi connectivity index (χ3v) is 6.89. The van der Waals surface area contributed by atoms with E-state index in [1.807, 2.05) is 30.5 Å². The molecule has 31 heavy (non-hydrogen) atoms. The van der Waals surface area contributed by atoms with Gasteiger partial charge in [0.2, 0.25) is 10.0 Å². The third-order valence-electron chi connectivity index (χ3n) is 5.11. The van der Waals surface area contributed by atoms with Gasteiger partial charge in [0.05, 0.1) is 12.0 Å². The van der Waals surface area contributed by atoms with E-state index < -0.39 is 10.0 Å². The van der Waals surface area contributed by atoms with Crippen LogP contribution in [-0.4, -0.2) is 50.0 Å². The lowest BCUT2D eigenvalue weighted by Gasteiger charge is -2.21. The standard InChI is InChI=1S/C22H26ClN3O4S/c1-30-22(27)7-3-2-6-20-13-19(16-26(20)15-17-5-4-12-24-14-17)25-31(28,29)21-10-8-18(23)9-11-21/h2,4-6,8-12,14,19-20,25H,3,7,13,15-16H2,1H3/b6-2-/t19-,20-/m1/s1. The van der Waals surface area contributed by atoms with Crippen LogP contribution in [0.4, 0.5) is 0 Å². The highest BCUT2D eigenvalue weighted by Crippen LogP contribution is 2.24. The molecule has 1 aliphatic heterocycles. The lowest BCUT2D eigenvalue weighted by atomic mass is 10.1. The molecule has 1 fully saturated rings. The molecule has 0 spiro atoms. The van der Waals surface area contributed by atoms with E-state index in [4.69, 9.17) is 11.6 Å². The molecule has 0 aliphatic carbocycles. The van der Waals surface area contributed by atoms with Crippen molar-refractivity contribution in [2.75, 3.05) is 13.7 Å². The number of aromatic nitrogens is 1. The van der Waals surface area contributed by atoms with Gasteiger partial charge >= 0.3 is 5.97 Å². The summed E-state index contributed by atoms with van der Waals surface area (Å²) < 4.78 is 33.1. The second-order valence-electron chi connectivity index (χ2n) is 7.41. The summed E-state index contributed by atoms with van der Waals surface area (Å²) >= 11 is 5.87. The summed E-state index contributed by atoms with van der Waals surface area (Å²) in [4.78, 5) is 17.9. The number of ether oxygens (including phenoxy) is 1. The summed E-state index contributed by atoms with van der Waals surface area (Å²) in [5, 5.41) is 0.486. The van der Waals surface area contributed by atoms with E-state index in [-0.39, 0.29) is 22.9 Å². The Bertz CT molecular complexity index is 997. The van der Waals surface area contributed by atoms with Crippen molar-refractivity contribution in [3.05, 3.63) is 71.5 Å². The Morgan fingerprint density at radius 3 is 2.77 bits per heavy atom. The van der Waals surface area contributed by atoms with Crippen LogP contribution in [0.3, 0.4) is 0 Å². The summed E-state index contributed by atoms with van der Waals surface area (Å²) in [6.45, 7) is 1.22. The number of nitrogens with zero attached hydrogens (tertiary/aromatic N) is 2. The second-order valence-corrected chi connectivity index (χ2v) is 9.56. The molecule has 1 N–H and O–H groups in total. The molecule has 0 saturated carbocycles. The fourth-order valence-electron chi connectivity index (χ4n) is 3.58. The first-order valence-electron chi connectivity index (χ1n) is 10.0. The van der Waals surface area contributed by atoms with Crippen LogP contribution in [0.25, 0.3) is 0 Å². The summed E-state index contributed by atoms with van der Waals surface area (Å²) in [6, 6.07) is 9.79. The number of carbonyl (C=O) groups excluding carboxylic acids is 1. The molecule has 3 rings (SSSR count). The average Bonchev–Trinajstić information content (AvgIpc) is 3.12. The summed E-state index contributed by atoms with van der Waals surface area (Å²) in [7, 11) is -2.28. The molecule has 2 aromatic rings. The third kappa shape index (κ3) is 6.87. The van der Waals surface area contributed by atoms with Crippen molar-refractivity contribution in [3.8, 4) is 0 Å².